The lowest BCUT2D eigenvalue weighted by Crippen LogP contribution is -2.18. The van der Waals surface area contributed by atoms with Crippen LogP contribution in [0.15, 0.2) is 54.9 Å². The van der Waals surface area contributed by atoms with Crippen molar-refractivity contribution in [1.82, 2.24) is 9.38 Å². The molecular weight excluding hydrogens is 340 g/mol. The van der Waals surface area contributed by atoms with E-state index in [4.69, 9.17) is 0 Å². The van der Waals surface area contributed by atoms with Crippen LogP contribution in [-0.2, 0) is 6.42 Å². The highest BCUT2D eigenvalue weighted by Crippen LogP contribution is 2.36. The second kappa shape index (κ2) is 7.58. The lowest BCUT2D eigenvalue weighted by Gasteiger charge is -2.30. The van der Waals surface area contributed by atoms with Crippen molar-refractivity contribution in [3.05, 3.63) is 60.4 Å². The van der Waals surface area contributed by atoms with Crippen LogP contribution < -0.4 is 0 Å². The van der Waals surface area contributed by atoms with Crippen LogP contribution in [0.3, 0.4) is 0 Å². The number of fused-ring (bicyclic) bond motifs is 6. The van der Waals surface area contributed by atoms with Crippen LogP contribution in [0.25, 0.3) is 27.3 Å². The Kier molecular flexibility index (Phi) is 4.80. The number of nitrogens with zero attached hydrogens (tertiary/aromatic N) is 2. The molecule has 144 valence electrons. The Morgan fingerprint density at radius 2 is 1.82 bits per heavy atom. The monoisotopic (exact) mass is 370 g/mol. The lowest BCUT2D eigenvalue weighted by molar-refractivity contribution is 0.214. The van der Waals surface area contributed by atoms with Gasteiger partial charge in [-0.2, -0.15) is 0 Å². The molecule has 0 radical (unpaired) electrons. The van der Waals surface area contributed by atoms with Crippen molar-refractivity contribution in [3.63, 3.8) is 0 Å². The topological polar surface area (TPSA) is 17.3 Å². The molecule has 5 rings (SSSR count). The normalized spacial score (nSPS) is 20.3. The quantitative estimate of drug-likeness (QED) is 0.340. The van der Waals surface area contributed by atoms with Crippen molar-refractivity contribution in [2.75, 3.05) is 0 Å². The van der Waals surface area contributed by atoms with Crippen LogP contribution in [0.4, 0.5) is 0 Å². The average molecular weight is 371 g/mol. The third kappa shape index (κ3) is 3.09. The van der Waals surface area contributed by atoms with Crippen LogP contribution in [-0.4, -0.2) is 9.38 Å². The predicted molar refractivity (Wildman–Crippen MR) is 119 cm³/mol. The van der Waals surface area contributed by atoms with Crippen molar-refractivity contribution in [2.45, 2.75) is 58.3 Å². The molecule has 0 amide bonds. The molecule has 2 unspecified atom stereocenters. The highest BCUT2D eigenvalue weighted by Gasteiger charge is 2.22. The fraction of sp³-hybridized carbons (Fsp3) is 0.423. The van der Waals surface area contributed by atoms with E-state index in [0.717, 1.165) is 17.5 Å². The molecule has 1 aliphatic carbocycles. The van der Waals surface area contributed by atoms with Crippen LogP contribution >= 0.6 is 0 Å². The molecule has 2 heteroatoms. The van der Waals surface area contributed by atoms with E-state index in [1.165, 1.54) is 78.6 Å². The van der Waals surface area contributed by atoms with Gasteiger partial charge in [-0.25, -0.2) is 4.98 Å². The van der Waals surface area contributed by atoms with Crippen molar-refractivity contribution in [2.24, 2.45) is 11.8 Å². The SMILES string of the molecule is CCC1CCCCC1CCCc1ccc2c3ccccc3n3ccnc3c2c1. The van der Waals surface area contributed by atoms with Gasteiger partial charge in [0.15, 0.2) is 0 Å². The van der Waals surface area contributed by atoms with E-state index in [0.29, 0.717) is 0 Å². The molecule has 0 aliphatic heterocycles. The molecule has 0 N–H and O–H groups in total. The average Bonchev–Trinajstić information content (AvgIpc) is 3.25. The fourth-order valence-electron chi connectivity index (χ4n) is 5.55. The summed E-state index contributed by atoms with van der Waals surface area (Å²) < 4.78 is 2.23. The number of para-hydroxylation sites is 1. The summed E-state index contributed by atoms with van der Waals surface area (Å²) in [5.41, 5.74) is 3.77. The van der Waals surface area contributed by atoms with Gasteiger partial charge in [0.25, 0.3) is 0 Å². The molecule has 2 atom stereocenters. The molecule has 2 nitrogen and oxygen atoms in total. The van der Waals surface area contributed by atoms with Crippen LogP contribution in [0, 0.1) is 11.8 Å². The number of rotatable bonds is 5. The molecule has 2 heterocycles. The van der Waals surface area contributed by atoms with Gasteiger partial charge in [-0.3, -0.25) is 4.40 Å². The lowest BCUT2D eigenvalue weighted by atomic mass is 9.75. The number of hydrogen-bond acceptors (Lipinski definition) is 1. The van der Waals surface area contributed by atoms with E-state index < -0.39 is 0 Å². The van der Waals surface area contributed by atoms with E-state index in [-0.39, 0.29) is 0 Å². The Morgan fingerprint density at radius 1 is 0.964 bits per heavy atom. The highest BCUT2D eigenvalue weighted by atomic mass is 15.0. The summed E-state index contributed by atoms with van der Waals surface area (Å²) in [7, 11) is 0. The van der Waals surface area contributed by atoms with Gasteiger partial charge in [-0.05, 0) is 54.2 Å². The largest absolute Gasteiger partial charge is 0.299 e. The van der Waals surface area contributed by atoms with Crippen LogP contribution in [0.5, 0.6) is 0 Å². The Hall–Kier alpha value is -2.35. The maximum Gasteiger partial charge on any atom is 0.145 e. The molecule has 0 saturated heterocycles. The van der Waals surface area contributed by atoms with Crippen molar-refractivity contribution in [3.8, 4) is 0 Å². The third-order valence-electron chi connectivity index (χ3n) is 7.05. The first kappa shape index (κ1) is 17.7. The van der Waals surface area contributed by atoms with Gasteiger partial charge in [0.2, 0.25) is 0 Å². The molecule has 1 aliphatic rings. The Bertz CT molecular complexity index is 1110. The summed E-state index contributed by atoms with van der Waals surface area (Å²) in [6.45, 7) is 2.38. The minimum atomic E-state index is 0.960. The molecule has 28 heavy (non-hydrogen) atoms. The van der Waals surface area contributed by atoms with Gasteiger partial charge in [0.1, 0.15) is 5.65 Å². The van der Waals surface area contributed by atoms with Gasteiger partial charge in [0.05, 0.1) is 5.52 Å². The maximum absolute atomic E-state index is 4.68. The molecule has 1 fully saturated rings. The Balaban J connectivity index is 1.43. The molecule has 1 saturated carbocycles. The maximum atomic E-state index is 4.68. The molecular formula is C26H30N2. The number of pyridine rings is 1. The first-order chi connectivity index (χ1) is 13.8. The van der Waals surface area contributed by atoms with Gasteiger partial charge >= 0.3 is 0 Å². The number of benzene rings is 2. The number of aryl methyl sites for hydroxylation is 1. The molecule has 0 bridgehead atoms. The summed E-state index contributed by atoms with van der Waals surface area (Å²) in [4.78, 5) is 4.68. The van der Waals surface area contributed by atoms with Gasteiger partial charge < -0.3 is 0 Å². The first-order valence-corrected chi connectivity index (χ1v) is 11.1. The van der Waals surface area contributed by atoms with E-state index in [2.05, 4.69) is 65.0 Å². The van der Waals surface area contributed by atoms with E-state index >= 15 is 0 Å². The first-order valence-electron chi connectivity index (χ1n) is 11.1. The van der Waals surface area contributed by atoms with E-state index in [1.807, 2.05) is 6.20 Å². The van der Waals surface area contributed by atoms with Crippen LogP contribution in [0.1, 0.15) is 57.4 Å². The number of imidazole rings is 1. The molecule has 2 aromatic heterocycles. The van der Waals surface area contributed by atoms with Gasteiger partial charge in [-0.15, -0.1) is 0 Å². The van der Waals surface area contributed by atoms with E-state index in [9.17, 15) is 0 Å². The number of aromatic nitrogens is 2. The van der Waals surface area contributed by atoms with Crippen LogP contribution in [0.2, 0.25) is 0 Å². The summed E-state index contributed by atoms with van der Waals surface area (Å²) in [5, 5.41) is 3.91. The Labute approximate surface area is 167 Å². The predicted octanol–water partition coefficient (Wildman–Crippen LogP) is 7.18. The second-order valence-corrected chi connectivity index (χ2v) is 8.62. The Morgan fingerprint density at radius 3 is 2.71 bits per heavy atom. The molecule has 2 aromatic carbocycles. The second-order valence-electron chi connectivity index (χ2n) is 8.62. The highest BCUT2D eigenvalue weighted by molar-refractivity contribution is 6.11. The van der Waals surface area contributed by atoms with Gasteiger partial charge in [0, 0.05) is 23.2 Å². The zero-order chi connectivity index (χ0) is 18.9. The molecule has 0 spiro atoms. The van der Waals surface area contributed by atoms with Crippen molar-refractivity contribution in [1.29, 1.82) is 0 Å². The fourth-order valence-corrected chi connectivity index (χ4v) is 5.55. The van der Waals surface area contributed by atoms with Crippen molar-refractivity contribution >= 4 is 27.3 Å². The smallest absolute Gasteiger partial charge is 0.145 e. The summed E-state index contributed by atoms with van der Waals surface area (Å²) in [5.74, 6) is 1.93. The minimum Gasteiger partial charge on any atom is -0.299 e. The standard InChI is InChI=1S/C26H30N2/c1-2-20-9-3-4-10-21(20)11-7-8-19-14-15-22-23-12-5-6-13-25(23)28-17-16-27-26(28)24(22)18-19/h5-6,12-18,20-21H,2-4,7-11H2,1H3. The zero-order valence-electron chi connectivity index (χ0n) is 16.9. The third-order valence-corrected chi connectivity index (χ3v) is 7.05. The van der Waals surface area contributed by atoms with E-state index in [1.54, 1.807) is 0 Å². The summed E-state index contributed by atoms with van der Waals surface area (Å²) in [6.07, 6.45) is 15.1. The zero-order valence-corrected chi connectivity index (χ0v) is 16.9. The summed E-state index contributed by atoms with van der Waals surface area (Å²) in [6, 6.07) is 15.7. The summed E-state index contributed by atoms with van der Waals surface area (Å²) >= 11 is 0. The number of hydrogen-bond donors (Lipinski definition) is 0. The van der Waals surface area contributed by atoms with Crippen molar-refractivity contribution < 1.29 is 0 Å². The minimum absolute atomic E-state index is 0.960. The van der Waals surface area contributed by atoms with Gasteiger partial charge in [-0.1, -0.05) is 69.4 Å². The molecule has 4 aromatic rings.